The number of hydrogen-bond donors (Lipinski definition) is 0. The third-order valence-electron chi connectivity index (χ3n) is 19.5. The minimum atomic E-state index is -0.478. The second-order valence-electron chi connectivity index (χ2n) is 27.7. The highest BCUT2D eigenvalue weighted by molar-refractivity contribution is 7.22. The number of unbranched alkanes of at least 4 members (excludes halogenated alkanes) is 12. The van der Waals surface area contributed by atoms with E-state index in [1.165, 1.54) is 0 Å². The smallest absolute Gasteiger partial charge is 0.330 e. The number of benzene rings is 6. The zero-order valence-corrected chi connectivity index (χ0v) is 64.7. The first-order valence-electron chi connectivity index (χ1n) is 38.8. The first-order chi connectivity index (χ1) is 53.2. The fraction of sp³-hybridized carbons (Fsp3) is 0.425. The van der Waals surface area contributed by atoms with Crippen LogP contribution in [0.1, 0.15) is 185 Å². The second-order valence-corrected chi connectivity index (χ2v) is 29.8. The zero-order chi connectivity index (χ0) is 76.5. The van der Waals surface area contributed by atoms with E-state index in [4.69, 9.17) is 58.1 Å². The Labute approximate surface area is 647 Å². The summed E-state index contributed by atoms with van der Waals surface area (Å²) in [7, 11) is 0. The summed E-state index contributed by atoms with van der Waals surface area (Å²) in [5.74, 6) is -1.25. The topological polar surface area (TPSA) is 233 Å². The molecule has 2 aliphatic carbocycles. The Morgan fingerprint density at radius 1 is 0.440 bits per heavy atom. The van der Waals surface area contributed by atoms with E-state index in [0.29, 0.717) is 142 Å². The number of esters is 6. The maximum absolute atomic E-state index is 14.6. The highest BCUT2D eigenvalue weighted by Gasteiger charge is 2.35. The van der Waals surface area contributed by atoms with Crippen molar-refractivity contribution in [2.45, 2.75) is 175 Å². The molecule has 0 N–H and O–H groups in total. The van der Waals surface area contributed by atoms with Gasteiger partial charge in [0.05, 0.1) is 83.0 Å². The van der Waals surface area contributed by atoms with Gasteiger partial charge in [-0.3, -0.25) is 19.2 Å². The van der Waals surface area contributed by atoms with E-state index >= 15 is 0 Å². The predicted octanol–water partition coefficient (Wildman–Crippen LogP) is 19.7. The standard InChI is InChI=1S/C87H102N6O14S2/c1-6-10-12-22-50-92(86-90-74-28-18-20-30-77(74)108-86)88-59-68-57-66(40-49-76(68)106-84(98)64-36-32-62(33-37-64)82(96)104-72-45-41-70(42-46-72)100-52-24-14-16-26-54-102-79(94)8-3)67-56-61(5)81(69(58-67)60-89-93(51-23-13-11-7-2)87-91-75-29-19-21-31-78(75)109-87)107-85(99)65-38-34-63(35-39-65)83(97)105-73-47-43-71(44-48-73)101-53-25-15-17-27-55-103-80(95)9-4/h8-9,18-21,28-31,40-49,56-60,62-65H,3-4,6-7,10-17,22-27,32-39,50-55H2,1-2,5H3/b88-59+,89-60+. The van der Waals surface area contributed by atoms with Crippen LogP contribution >= 0.6 is 22.7 Å². The number of carbonyl (C=O) groups excluding carboxylic acids is 6. The molecule has 0 bridgehead atoms. The molecule has 2 aromatic heterocycles. The molecule has 20 nitrogen and oxygen atoms in total. The quantitative estimate of drug-likeness (QED) is 0.00863. The predicted molar refractivity (Wildman–Crippen MR) is 431 cm³/mol. The van der Waals surface area contributed by atoms with Gasteiger partial charge >= 0.3 is 35.8 Å². The van der Waals surface area contributed by atoms with Gasteiger partial charge < -0.3 is 37.9 Å². The van der Waals surface area contributed by atoms with Crippen LogP contribution in [-0.4, -0.2) is 97.7 Å². The van der Waals surface area contributed by atoms with E-state index in [1.807, 2.05) is 77.6 Å². The summed E-state index contributed by atoms with van der Waals surface area (Å²) in [5.41, 5.74) is 5.08. The van der Waals surface area contributed by atoms with E-state index in [2.05, 4.69) is 39.1 Å². The second kappa shape index (κ2) is 43.2. The maximum atomic E-state index is 14.6. The normalized spacial score (nSPS) is 15.7. The number of anilines is 2. The van der Waals surface area contributed by atoms with Crippen LogP contribution in [0.2, 0.25) is 0 Å². The van der Waals surface area contributed by atoms with Crippen LogP contribution in [0.4, 0.5) is 10.3 Å². The molecule has 0 amide bonds. The first kappa shape index (κ1) is 81.5. The molecule has 0 atom stereocenters. The number of nitrogens with zero attached hydrogens (tertiary/aromatic N) is 6. The van der Waals surface area contributed by atoms with Gasteiger partial charge in [-0.05, 0) is 236 Å². The molecular formula is C87H102N6O14S2. The molecule has 8 aromatic rings. The highest BCUT2D eigenvalue weighted by Crippen LogP contribution is 2.39. The van der Waals surface area contributed by atoms with Crippen molar-refractivity contribution in [3.63, 3.8) is 0 Å². The fourth-order valence-electron chi connectivity index (χ4n) is 13.2. The average Bonchev–Trinajstić information content (AvgIpc) is 1.66. The van der Waals surface area contributed by atoms with Crippen molar-refractivity contribution in [1.82, 2.24) is 9.97 Å². The Kier molecular flexibility index (Phi) is 32.3. The maximum Gasteiger partial charge on any atom is 0.330 e. The number of hydrazone groups is 2. The van der Waals surface area contributed by atoms with Crippen molar-refractivity contribution in [3.05, 3.63) is 169 Å². The number of thiazole rings is 2. The molecule has 0 unspecified atom stereocenters. The lowest BCUT2D eigenvalue weighted by Gasteiger charge is -2.26. The van der Waals surface area contributed by atoms with Crippen LogP contribution in [0.25, 0.3) is 31.6 Å². The number of fused-ring (bicyclic) bond motifs is 2. The molecule has 10 rings (SSSR count). The molecule has 0 spiro atoms. The van der Waals surface area contributed by atoms with Crippen molar-refractivity contribution in [1.29, 1.82) is 0 Å². The Morgan fingerprint density at radius 2 is 0.835 bits per heavy atom. The molecule has 22 heteroatoms. The highest BCUT2D eigenvalue weighted by atomic mass is 32.1. The molecule has 109 heavy (non-hydrogen) atoms. The Balaban J connectivity index is 0.855. The molecule has 2 fully saturated rings. The number of ether oxygens (including phenoxy) is 8. The van der Waals surface area contributed by atoms with Gasteiger partial charge in [-0.2, -0.15) is 10.2 Å². The van der Waals surface area contributed by atoms with Crippen molar-refractivity contribution in [2.24, 2.45) is 33.9 Å². The molecular weight excluding hydrogens is 1420 g/mol. The van der Waals surface area contributed by atoms with E-state index in [0.717, 1.165) is 157 Å². The third kappa shape index (κ3) is 25.3. The SMILES string of the molecule is C=CC(=O)OCCCCCCOc1ccc(OC(=O)C2CCC(C(=O)Oc3ccc(-c4cc(C)c(OC(=O)C5CCC(C(=O)Oc6ccc(OCCCCCCOC(=O)C=C)cc6)CC5)c(/C=N/N(CCCCCC)c5nc6ccccc6s5)c4)cc3/C=N/N(CCCCCC)c3nc4ccccc4s3)CC2)cc1. The first-order valence-corrected chi connectivity index (χ1v) is 40.4. The van der Waals surface area contributed by atoms with Crippen molar-refractivity contribution in [3.8, 4) is 45.6 Å². The largest absolute Gasteiger partial charge is 0.494 e. The van der Waals surface area contributed by atoms with Crippen LogP contribution in [0, 0.1) is 30.6 Å². The molecule has 2 heterocycles. The lowest BCUT2D eigenvalue weighted by molar-refractivity contribution is -0.145. The molecule has 2 aliphatic rings. The summed E-state index contributed by atoms with van der Waals surface area (Å²) in [6, 6.07) is 39.7. The van der Waals surface area contributed by atoms with E-state index in [-0.39, 0.29) is 11.9 Å². The Hall–Kier alpha value is -10.1. The zero-order valence-electron chi connectivity index (χ0n) is 63.1. The van der Waals surface area contributed by atoms with Gasteiger partial charge in [0.15, 0.2) is 0 Å². The summed E-state index contributed by atoms with van der Waals surface area (Å²) >= 11 is 3.13. The average molecular weight is 1520 g/mol. The summed E-state index contributed by atoms with van der Waals surface area (Å²) in [6.07, 6.45) is 24.3. The van der Waals surface area contributed by atoms with Gasteiger partial charge in [-0.25, -0.2) is 29.6 Å². The third-order valence-corrected chi connectivity index (χ3v) is 21.6. The van der Waals surface area contributed by atoms with E-state index < -0.39 is 47.5 Å². The molecule has 6 aromatic carbocycles. The number of aromatic nitrogens is 2. The monoisotopic (exact) mass is 1520 g/mol. The minimum absolute atomic E-state index is 0.314. The van der Waals surface area contributed by atoms with Crippen LogP contribution in [0.3, 0.4) is 0 Å². The Bertz CT molecular complexity index is 4300. The van der Waals surface area contributed by atoms with Crippen LogP contribution in [0.5, 0.6) is 34.5 Å². The molecule has 0 aliphatic heterocycles. The number of aryl methyl sites for hydroxylation is 1. The van der Waals surface area contributed by atoms with Crippen LogP contribution in [-0.2, 0) is 38.2 Å². The van der Waals surface area contributed by atoms with Gasteiger partial charge in [-0.1, -0.05) is 119 Å². The van der Waals surface area contributed by atoms with E-state index in [1.54, 1.807) is 89.7 Å². The lowest BCUT2D eigenvalue weighted by Crippen LogP contribution is -2.30. The van der Waals surface area contributed by atoms with Crippen molar-refractivity contribution in [2.75, 3.05) is 49.5 Å². The molecule has 0 radical (unpaired) electrons. The number of hydrogen-bond acceptors (Lipinski definition) is 22. The summed E-state index contributed by atoms with van der Waals surface area (Å²) in [5, 5.41) is 15.7. The number of carbonyl (C=O) groups is 6. The summed E-state index contributed by atoms with van der Waals surface area (Å²) in [4.78, 5) is 88.9. The molecule has 2 saturated carbocycles. The van der Waals surface area contributed by atoms with Gasteiger partial charge in [0, 0.05) is 36.4 Å². The van der Waals surface area contributed by atoms with Gasteiger partial charge in [0.1, 0.15) is 34.5 Å². The van der Waals surface area contributed by atoms with Crippen molar-refractivity contribution < 1.29 is 66.7 Å². The van der Waals surface area contributed by atoms with Crippen LogP contribution in [0.15, 0.2) is 163 Å². The fourth-order valence-corrected chi connectivity index (χ4v) is 15.1. The van der Waals surface area contributed by atoms with Crippen LogP contribution < -0.4 is 38.4 Å². The Morgan fingerprint density at radius 3 is 1.28 bits per heavy atom. The molecule has 576 valence electrons. The van der Waals surface area contributed by atoms with Gasteiger partial charge in [-0.15, -0.1) is 0 Å². The summed E-state index contributed by atoms with van der Waals surface area (Å²) in [6.45, 7) is 16.1. The van der Waals surface area contributed by atoms with Gasteiger partial charge in [0.25, 0.3) is 0 Å². The summed E-state index contributed by atoms with van der Waals surface area (Å²) < 4.78 is 48.7. The number of rotatable bonds is 43. The van der Waals surface area contributed by atoms with Gasteiger partial charge in [0.2, 0.25) is 10.3 Å². The van der Waals surface area contributed by atoms with Crippen molar-refractivity contribution >= 4 is 102 Å². The lowest BCUT2D eigenvalue weighted by atomic mass is 9.82. The number of para-hydroxylation sites is 2. The minimum Gasteiger partial charge on any atom is -0.494 e. The van der Waals surface area contributed by atoms with E-state index in [9.17, 15) is 28.8 Å². The molecule has 0 saturated heterocycles.